The summed E-state index contributed by atoms with van der Waals surface area (Å²) in [6.45, 7) is 6.66. The molecule has 18 nitrogen and oxygen atoms in total. The fourth-order valence-corrected chi connectivity index (χ4v) is 10.6. The maximum Gasteiger partial charge on any atom is 0.329 e. The van der Waals surface area contributed by atoms with E-state index in [2.05, 4.69) is 30.5 Å². The third-order valence-corrected chi connectivity index (χ3v) is 14.8. The molecule has 0 radical (unpaired) electrons. The summed E-state index contributed by atoms with van der Waals surface area (Å²) in [6.07, 6.45) is 6.57. The number of ether oxygens (including phenoxy) is 1. The largest absolute Gasteiger partial charge is 0.503 e. The molecule has 11 rings (SSSR count). The number of amides is 3. The predicted molar refractivity (Wildman–Crippen MR) is 236 cm³/mol. The Morgan fingerprint density at radius 3 is 2.37 bits per heavy atom. The lowest BCUT2D eigenvalue weighted by molar-refractivity contribution is -0.135. The van der Waals surface area contributed by atoms with Crippen molar-refractivity contribution in [1.29, 1.82) is 0 Å². The average molecular weight is 928 g/mol. The molecule has 6 heterocycles. The van der Waals surface area contributed by atoms with Gasteiger partial charge < -0.3 is 29.5 Å². The van der Waals surface area contributed by atoms with E-state index in [9.17, 15) is 37.5 Å². The van der Waals surface area contributed by atoms with Crippen molar-refractivity contribution in [2.24, 2.45) is 12.5 Å². The molecule has 3 amide bonds. The van der Waals surface area contributed by atoms with Crippen molar-refractivity contribution >= 4 is 40.5 Å². The minimum Gasteiger partial charge on any atom is -0.503 e. The van der Waals surface area contributed by atoms with Crippen molar-refractivity contribution in [3.8, 4) is 17.3 Å². The molecule has 1 unspecified atom stereocenters. The molecule has 3 aliphatic carbocycles. The van der Waals surface area contributed by atoms with Gasteiger partial charge in [-0.25, -0.2) is 18.6 Å². The monoisotopic (exact) mass is 927 g/mol. The summed E-state index contributed by atoms with van der Waals surface area (Å²) in [4.78, 5) is 72.2. The first kappa shape index (κ1) is 44.5. The Bertz CT molecular complexity index is 2790. The fourth-order valence-electron chi connectivity index (χ4n) is 10.6. The summed E-state index contributed by atoms with van der Waals surface area (Å²) in [5.74, 6) is -5.74. The Labute approximate surface area is 382 Å². The van der Waals surface area contributed by atoms with Crippen molar-refractivity contribution in [3.63, 3.8) is 0 Å². The second-order valence-corrected chi connectivity index (χ2v) is 18.7. The van der Waals surface area contributed by atoms with E-state index in [1.807, 2.05) is 24.3 Å². The Morgan fingerprint density at radius 1 is 0.896 bits per heavy atom. The van der Waals surface area contributed by atoms with Crippen LogP contribution in [0.4, 0.5) is 24.9 Å². The lowest BCUT2D eigenvalue weighted by Crippen LogP contribution is -2.49. The number of morpholine rings is 1. The Hall–Kier alpha value is -6.35. The van der Waals surface area contributed by atoms with E-state index in [0.29, 0.717) is 74.3 Å². The summed E-state index contributed by atoms with van der Waals surface area (Å²) in [5.41, 5.74) is 1.36. The zero-order chi connectivity index (χ0) is 46.6. The van der Waals surface area contributed by atoms with Gasteiger partial charge in [0.2, 0.25) is 23.6 Å². The lowest BCUT2D eigenvalue weighted by Gasteiger charge is -2.52. The van der Waals surface area contributed by atoms with Gasteiger partial charge in [0.1, 0.15) is 17.6 Å². The van der Waals surface area contributed by atoms with Crippen molar-refractivity contribution < 1.29 is 41.9 Å². The Morgan fingerprint density at radius 2 is 1.64 bits per heavy atom. The average Bonchev–Trinajstić information content (AvgIpc) is 3.95. The number of benzene rings is 2. The van der Waals surface area contributed by atoms with Gasteiger partial charge in [0, 0.05) is 70.8 Å². The van der Waals surface area contributed by atoms with E-state index >= 15 is 0 Å². The highest BCUT2D eigenvalue weighted by Gasteiger charge is 2.52. The quantitative estimate of drug-likeness (QED) is 0.120. The number of imidazole rings is 1. The highest BCUT2D eigenvalue weighted by molar-refractivity contribution is 6.00. The molecule has 354 valence electrons. The van der Waals surface area contributed by atoms with Gasteiger partial charge in [0.05, 0.1) is 29.8 Å². The van der Waals surface area contributed by atoms with Gasteiger partial charge >= 0.3 is 5.69 Å². The highest BCUT2D eigenvalue weighted by atomic mass is 19.2. The smallest absolute Gasteiger partial charge is 0.329 e. The van der Waals surface area contributed by atoms with Gasteiger partial charge in [0.25, 0.3) is 11.8 Å². The van der Waals surface area contributed by atoms with Crippen molar-refractivity contribution in [2.75, 3.05) is 75.4 Å². The number of phenols is 1. The standard InChI is InChI=1S/C46H52F3N11O7/c1-56-33-23-27(4-5-31(33)60(44(56)65)32-6-7-35(61)53-40(32)64)3-2-14-57-15-17-59(18-16-57)43-51-30(25-34(52-43)58-19-21-66-22-20-58)41-54-42(55-67-41)46-11-8-45(9-12-46,10-13-46)26-50-39(63)28-24-29(47)38(62)37(49)36(28)48/h4-5,23-25,32,62H,2-3,6-22,26H2,1H3,(H,50,63)(H,53,61,64)/t32?,45-,46+. The van der Waals surface area contributed by atoms with Gasteiger partial charge in [-0.3, -0.25) is 33.7 Å². The number of hydrogen-bond acceptors (Lipinski definition) is 14. The van der Waals surface area contributed by atoms with Crippen LogP contribution in [0.3, 0.4) is 0 Å². The third kappa shape index (κ3) is 8.40. The molecule has 3 aliphatic heterocycles. The van der Waals surface area contributed by atoms with E-state index in [-0.39, 0.29) is 41.8 Å². The van der Waals surface area contributed by atoms with Crippen LogP contribution < -0.4 is 26.1 Å². The number of anilines is 2. The first-order valence-corrected chi connectivity index (χ1v) is 23.0. The van der Waals surface area contributed by atoms with Gasteiger partial charge in [-0.15, -0.1) is 0 Å². The van der Waals surface area contributed by atoms with Gasteiger partial charge in [0.15, 0.2) is 23.2 Å². The number of fused-ring (bicyclic) bond motifs is 4. The van der Waals surface area contributed by atoms with Crippen LogP contribution in [0.2, 0.25) is 0 Å². The van der Waals surface area contributed by atoms with Crippen LogP contribution in [-0.2, 0) is 33.2 Å². The summed E-state index contributed by atoms with van der Waals surface area (Å²) in [7, 11) is 1.70. The number of phenolic OH excluding ortho intramolecular Hbond substituents is 1. The topological polar surface area (TPSA) is 206 Å². The van der Waals surface area contributed by atoms with Gasteiger partial charge in [-0.2, -0.15) is 14.4 Å². The molecule has 1 atom stereocenters. The van der Waals surface area contributed by atoms with Crippen LogP contribution in [0.5, 0.6) is 5.75 Å². The minimum atomic E-state index is -1.80. The number of imide groups is 1. The zero-order valence-electron chi connectivity index (χ0n) is 37.2. The summed E-state index contributed by atoms with van der Waals surface area (Å²) in [6, 6.07) is 7.59. The molecular formula is C46H52F3N11O7. The van der Waals surface area contributed by atoms with E-state index < -0.39 is 46.6 Å². The number of aromatic nitrogens is 6. The number of aryl methyl sites for hydroxylation is 2. The molecule has 21 heteroatoms. The summed E-state index contributed by atoms with van der Waals surface area (Å²) in [5, 5.41) is 18.9. The second-order valence-electron chi connectivity index (χ2n) is 18.7. The number of nitrogens with zero attached hydrogens (tertiary/aromatic N) is 9. The van der Waals surface area contributed by atoms with Crippen LogP contribution in [0.25, 0.3) is 22.6 Å². The zero-order valence-corrected chi connectivity index (χ0v) is 37.2. The molecule has 3 aromatic heterocycles. The third-order valence-electron chi connectivity index (χ3n) is 14.8. The number of nitrogens with one attached hydrogen (secondary N) is 2. The first-order chi connectivity index (χ1) is 32.3. The highest BCUT2D eigenvalue weighted by Crippen LogP contribution is 2.57. The van der Waals surface area contributed by atoms with E-state index in [0.717, 1.165) is 87.9 Å². The number of halogens is 3. The van der Waals surface area contributed by atoms with Crippen LogP contribution in [0, 0.1) is 22.9 Å². The Balaban J connectivity index is 0.773. The van der Waals surface area contributed by atoms with Gasteiger partial charge in [-0.05, 0) is 93.5 Å². The molecule has 5 aromatic rings. The molecule has 3 saturated heterocycles. The molecule has 67 heavy (non-hydrogen) atoms. The maximum absolute atomic E-state index is 14.4. The van der Waals surface area contributed by atoms with E-state index in [4.69, 9.17) is 24.2 Å². The van der Waals surface area contributed by atoms with Crippen LogP contribution in [0.1, 0.15) is 85.6 Å². The van der Waals surface area contributed by atoms with Crippen LogP contribution in [-0.4, -0.2) is 123 Å². The number of carbonyl (C=O) groups is 3. The number of piperidine rings is 1. The number of piperazine rings is 1. The van der Waals surface area contributed by atoms with E-state index in [1.165, 1.54) is 4.57 Å². The molecular weight excluding hydrogens is 876 g/mol. The number of hydrogen-bond donors (Lipinski definition) is 3. The van der Waals surface area contributed by atoms with Crippen LogP contribution >= 0.6 is 0 Å². The van der Waals surface area contributed by atoms with E-state index in [1.54, 1.807) is 11.6 Å². The minimum absolute atomic E-state index is 0.191. The summed E-state index contributed by atoms with van der Waals surface area (Å²) >= 11 is 0. The molecule has 0 spiro atoms. The number of carbonyl (C=O) groups excluding carboxylic acids is 3. The maximum atomic E-state index is 14.4. The molecule has 2 aromatic carbocycles. The normalized spacial score (nSPS) is 23.6. The number of rotatable bonds is 12. The molecule has 3 N–H and O–H groups in total. The lowest BCUT2D eigenvalue weighted by atomic mass is 9.53. The second kappa shape index (κ2) is 17.7. The van der Waals surface area contributed by atoms with Crippen molar-refractivity contribution in [3.05, 3.63) is 75.2 Å². The molecule has 6 aliphatic rings. The molecule has 2 bridgehead atoms. The molecule has 6 fully saturated rings. The summed E-state index contributed by atoms with van der Waals surface area (Å²) < 4.78 is 57.0. The number of aromatic hydroxyl groups is 1. The predicted octanol–water partition coefficient (Wildman–Crippen LogP) is 3.89. The van der Waals surface area contributed by atoms with Crippen molar-refractivity contribution in [1.82, 2.24) is 44.8 Å². The van der Waals surface area contributed by atoms with Crippen LogP contribution in [0.15, 0.2) is 39.6 Å². The molecule has 3 saturated carbocycles. The van der Waals surface area contributed by atoms with Gasteiger partial charge in [-0.1, -0.05) is 11.2 Å². The van der Waals surface area contributed by atoms with Crippen molar-refractivity contribution in [2.45, 2.75) is 75.7 Å². The fraction of sp³-hybridized carbons (Fsp3) is 0.522. The first-order valence-electron chi connectivity index (χ1n) is 23.0. The SMILES string of the molecule is Cn1c(=O)n(C2CCC(=O)NC2=O)c2ccc(CCCN3CCN(c4nc(-c5nc([C@]67CC[C@](CNC(=O)c8cc(F)c(O)c(F)c8F)(CC6)CC7)no5)cc(N5CCOCC5)n4)CC3)cc21. The Kier molecular flexibility index (Phi) is 11.8.